The second kappa shape index (κ2) is 7.38. The highest BCUT2D eigenvalue weighted by molar-refractivity contribution is 5.30. The molecule has 18 heavy (non-hydrogen) atoms. The highest BCUT2D eigenvalue weighted by Gasteiger charge is 2.09. The lowest BCUT2D eigenvalue weighted by Crippen LogP contribution is -2.26. The third-order valence-corrected chi connectivity index (χ3v) is 2.95. The average Bonchev–Trinajstić information content (AvgIpc) is 2.66. The minimum atomic E-state index is 0.263. The molecule has 0 aliphatic heterocycles. The smallest absolute Gasteiger partial charge is 0.203 e. The van der Waals surface area contributed by atoms with Crippen LogP contribution in [0, 0.1) is 6.92 Å². The van der Waals surface area contributed by atoms with Gasteiger partial charge in [-0.1, -0.05) is 6.92 Å². The largest absolute Gasteiger partial charge is 0.383 e. The summed E-state index contributed by atoms with van der Waals surface area (Å²) in [7, 11) is 3.84. The van der Waals surface area contributed by atoms with Crippen molar-refractivity contribution in [3.05, 3.63) is 11.9 Å². The summed E-state index contributed by atoms with van der Waals surface area (Å²) >= 11 is 0. The molecule has 0 saturated carbocycles. The molecule has 104 valence electrons. The average molecular weight is 254 g/mol. The quantitative estimate of drug-likeness (QED) is 0.765. The molecule has 5 heteroatoms. The van der Waals surface area contributed by atoms with Gasteiger partial charge < -0.3 is 19.5 Å². The minimum absolute atomic E-state index is 0.263. The van der Waals surface area contributed by atoms with Gasteiger partial charge in [-0.3, -0.25) is 0 Å². The van der Waals surface area contributed by atoms with E-state index in [2.05, 4.69) is 46.9 Å². The lowest BCUT2D eigenvalue weighted by molar-refractivity contribution is 0.190. The summed E-state index contributed by atoms with van der Waals surface area (Å²) in [5, 5.41) is 3.38. The third-order valence-electron chi connectivity index (χ3n) is 2.95. The maximum absolute atomic E-state index is 5.13. The van der Waals surface area contributed by atoms with Crippen LogP contribution in [0.3, 0.4) is 0 Å². The molecule has 1 aromatic heterocycles. The molecule has 0 amide bonds. The van der Waals surface area contributed by atoms with Gasteiger partial charge in [-0.15, -0.1) is 0 Å². The van der Waals surface area contributed by atoms with Crippen LogP contribution in [0.5, 0.6) is 0 Å². The van der Waals surface area contributed by atoms with Crippen LogP contribution < -0.4 is 5.32 Å². The second-order valence-corrected chi connectivity index (χ2v) is 4.80. The van der Waals surface area contributed by atoms with E-state index in [1.165, 1.54) is 0 Å². The number of aryl methyl sites for hydroxylation is 1. The van der Waals surface area contributed by atoms with E-state index in [0.29, 0.717) is 6.61 Å². The maximum atomic E-state index is 5.13. The van der Waals surface area contributed by atoms with E-state index in [1.807, 2.05) is 6.92 Å². The Bertz CT molecular complexity index is 351. The van der Waals surface area contributed by atoms with Gasteiger partial charge in [0.25, 0.3) is 0 Å². The molecule has 1 unspecified atom stereocenters. The summed E-state index contributed by atoms with van der Waals surface area (Å²) < 4.78 is 7.30. The molecule has 0 radical (unpaired) electrons. The van der Waals surface area contributed by atoms with E-state index in [0.717, 1.165) is 31.3 Å². The summed E-state index contributed by atoms with van der Waals surface area (Å²) in [6.45, 7) is 10.0. The van der Waals surface area contributed by atoms with Crippen LogP contribution in [-0.4, -0.2) is 54.3 Å². The summed E-state index contributed by atoms with van der Waals surface area (Å²) in [5.74, 6) is 0.932. The van der Waals surface area contributed by atoms with E-state index >= 15 is 0 Å². The van der Waals surface area contributed by atoms with Crippen LogP contribution in [0.4, 0.5) is 5.95 Å². The third kappa shape index (κ3) is 4.66. The molecule has 1 atom stereocenters. The van der Waals surface area contributed by atoms with Crippen molar-refractivity contribution in [3.8, 4) is 0 Å². The highest BCUT2D eigenvalue weighted by Crippen LogP contribution is 2.10. The normalized spacial score (nSPS) is 13.0. The van der Waals surface area contributed by atoms with Gasteiger partial charge in [0.1, 0.15) is 0 Å². The Balaban J connectivity index is 2.61. The molecule has 1 N–H and O–H groups in total. The maximum Gasteiger partial charge on any atom is 0.203 e. The van der Waals surface area contributed by atoms with Crippen molar-refractivity contribution >= 4 is 5.95 Å². The Morgan fingerprint density at radius 2 is 2.28 bits per heavy atom. The van der Waals surface area contributed by atoms with Crippen molar-refractivity contribution in [1.29, 1.82) is 0 Å². The van der Waals surface area contributed by atoms with E-state index in [-0.39, 0.29) is 6.04 Å². The molecule has 1 rings (SSSR count). The zero-order valence-electron chi connectivity index (χ0n) is 12.2. The van der Waals surface area contributed by atoms with Gasteiger partial charge in [0.15, 0.2) is 0 Å². The van der Waals surface area contributed by atoms with Gasteiger partial charge in [-0.25, -0.2) is 4.98 Å². The molecular formula is C13H26N4O. The standard InChI is InChI=1S/C13H26N4O/c1-6-16(4)7-8-17-9-11(2)14-13(17)15-12(3)10-18-5/h9,12H,6-8,10H2,1-5H3,(H,14,15). The first-order valence-electron chi connectivity index (χ1n) is 6.54. The number of likely N-dealkylation sites (N-methyl/N-ethyl adjacent to an activating group) is 1. The van der Waals surface area contributed by atoms with Crippen LogP contribution in [0.15, 0.2) is 6.20 Å². The molecule has 0 aliphatic rings. The van der Waals surface area contributed by atoms with Crippen LogP contribution in [0.25, 0.3) is 0 Å². The Labute approximate surface area is 110 Å². The zero-order valence-corrected chi connectivity index (χ0v) is 12.2. The zero-order chi connectivity index (χ0) is 13.5. The molecule has 0 spiro atoms. The lowest BCUT2D eigenvalue weighted by Gasteiger charge is -2.17. The predicted octanol–water partition coefficient (Wildman–Crippen LogP) is 1.59. The number of rotatable bonds is 8. The van der Waals surface area contributed by atoms with Crippen molar-refractivity contribution < 1.29 is 4.74 Å². The van der Waals surface area contributed by atoms with Crippen molar-refractivity contribution in [2.75, 3.05) is 39.2 Å². The SMILES string of the molecule is CCN(C)CCn1cc(C)nc1NC(C)COC. The monoisotopic (exact) mass is 254 g/mol. The molecule has 1 heterocycles. The fourth-order valence-electron chi connectivity index (χ4n) is 1.78. The molecule has 0 aliphatic carbocycles. The molecule has 0 bridgehead atoms. The first kappa shape index (κ1) is 15.0. The summed E-state index contributed by atoms with van der Waals surface area (Å²) in [6.07, 6.45) is 2.09. The van der Waals surface area contributed by atoms with Crippen LogP contribution >= 0.6 is 0 Å². The van der Waals surface area contributed by atoms with Gasteiger partial charge in [0.05, 0.1) is 12.3 Å². The summed E-state index contributed by atoms with van der Waals surface area (Å²) in [6, 6.07) is 0.263. The Morgan fingerprint density at radius 1 is 1.56 bits per heavy atom. The minimum Gasteiger partial charge on any atom is -0.383 e. The second-order valence-electron chi connectivity index (χ2n) is 4.80. The first-order valence-corrected chi connectivity index (χ1v) is 6.54. The topological polar surface area (TPSA) is 42.3 Å². The van der Waals surface area contributed by atoms with Gasteiger partial charge in [-0.05, 0) is 27.4 Å². The Morgan fingerprint density at radius 3 is 2.89 bits per heavy atom. The first-order chi connectivity index (χ1) is 8.56. The van der Waals surface area contributed by atoms with Gasteiger partial charge >= 0.3 is 0 Å². The number of imidazole rings is 1. The van der Waals surface area contributed by atoms with E-state index in [9.17, 15) is 0 Å². The number of hydrogen-bond acceptors (Lipinski definition) is 4. The number of anilines is 1. The molecular weight excluding hydrogens is 228 g/mol. The van der Waals surface area contributed by atoms with E-state index < -0.39 is 0 Å². The van der Waals surface area contributed by atoms with Crippen LogP contribution in [-0.2, 0) is 11.3 Å². The van der Waals surface area contributed by atoms with Crippen molar-refractivity contribution in [2.45, 2.75) is 33.4 Å². The molecule has 5 nitrogen and oxygen atoms in total. The van der Waals surface area contributed by atoms with Gasteiger partial charge in [-0.2, -0.15) is 0 Å². The highest BCUT2D eigenvalue weighted by atomic mass is 16.5. The van der Waals surface area contributed by atoms with E-state index in [1.54, 1.807) is 7.11 Å². The lowest BCUT2D eigenvalue weighted by atomic mass is 10.4. The summed E-state index contributed by atoms with van der Waals surface area (Å²) in [5.41, 5.74) is 1.04. The van der Waals surface area contributed by atoms with Gasteiger partial charge in [0.2, 0.25) is 5.95 Å². The number of nitrogens with one attached hydrogen (secondary N) is 1. The fraction of sp³-hybridized carbons (Fsp3) is 0.769. The fourth-order valence-corrected chi connectivity index (χ4v) is 1.78. The predicted molar refractivity (Wildman–Crippen MR) is 75.1 cm³/mol. The van der Waals surface area contributed by atoms with Crippen molar-refractivity contribution in [2.24, 2.45) is 0 Å². The molecule has 0 fully saturated rings. The van der Waals surface area contributed by atoms with Crippen molar-refractivity contribution in [3.63, 3.8) is 0 Å². The number of aromatic nitrogens is 2. The van der Waals surface area contributed by atoms with Crippen LogP contribution in [0.1, 0.15) is 19.5 Å². The van der Waals surface area contributed by atoms with E-state index in [4.69, 9.17) is 4.74 Å². The number of ether oxygens (including phenoxy) is 1. The number of hydrogen-bond donors (Lipinski definition) is 1. The van der Waals surface area contributed by atoms with Crippen molar-refractivity contribution in [1.82, 2.24) is 14.5 Å². The van der Waals surface area contributed by atoms with Crippen LogP contribution in [0.2, 0.25) is 0 Å². The molecule has 1 aromatic rings. The number of methoxy groups -OCH3 is 1. The molecule has 0 saturated heterocycles. The summed E-state index contributed by atoms with van der Waals surface area (Å²) in [4.78, 5) is 6.80. The Kier molecular flexibility index (Phi) is 6.15. The van der Waals surface area contributed by atoms with Gasteiger partial charge in [0, 0.05) is 32.4 Å². The molecule has 0 aromatic carbocycles. The number of nitrogens with zero attached hydrogens (tertiary/aromatic N) is 3. The Hall–Kier alpha value is -1.07.